The van der Waals surface area contributed by atoms with Crippen LogP contribution in [0.4, 0.5) is 0 Å². The van der Waals surface area contributed by atoms with Crippen molar-refractivity contribution in [3.8, 4) is 0 Å². The summed E-state index contributed by atoms with van der Waals surface area (Å²) in [7, 11) is 0. The SMILES string of the molecule is C[C@@H]1C[C@@H](O)C2=C(C[C@H]3C[C@]2(C)C(=O)O3)[C@]12C[C@@H](c1ccoc1)OC2=O. The van der Waals surface area contributed by atoms with E-state index in [1.807, 2.05) is 19.9 Å². The third kappa shape index (κ3) is 1.80. The second-order valence-electron chi connectivity index (χ2n) is 8.44. The summed E-state index contributed by atoms with van der Waals surface area (Å²) in [6, 6.07) is 1.81. The van der Waals surface area contributed by atoms with Crippen molar-refractivity contribution in [3.05, 3.63) is 35.3 Å². The molecule has 5 rings (SSSR count). The molecule has 0 saturated carbocycles. The van der Waals surface area contributed by atoms with Gasteiger partial charge in [0.2, 0.25) is 0 Å². The van der Waals surface area contributed by atoms with Crippen molar-refractivity contribution in [1.29, 1.82) is 0 Å². The average Bonchev–Trinajstić information content (AvgIpc) is 3.25. The van der Waals surface area contributed by atoms with Gasteiger partial charge in [-0.05, 0) is 36.5 Å². The number of hydrogen-bond donors (Lipinski definition) is 1. The van der Waals surface area contributed by atoms with Crippen LogP contribution in [0.2, 0.25) is 0 Å². The van der Waals surface area contributed by atoms with Crippen LogP contribution in [-0.2, 0) is 19.1 Å². The van der Waals surface area contributed by atoms with Gasteiger partial charge in [-0.15, -0.1) is 0 Å². The van der Waals surface area contributed by atoms with Crippen LogP contribution < -0.4 is 0 Å². The molecule has 138 valence electrons. The summed E-state index contributed by atoms with van der Waals surface area (Å²) in [6.07, 6.45) is 3.90. The first kappa shape index (κ1) is 16.1. The number of cyclic esters (lactones) is 1. The Hall–Kier alpha value is -2.08. The first-order chi connectivity index (χ1) is 12.4. The normalized spacial score (nSPS) is 44.3. The lowest BCUT2D eigenvalue weighted by Crippen LogP contribution is -2.48. The van der Waals surface area contributed by atoms with Gasteiger partial charge in [0.1, 0.15) is 12.2 Å². The molecule has 2 aliphatic heterocycles. The zero-order chi connectivity index (χ0) is 18.3. The summed E-state index contributed by atoms with van der Waals surface area (Å²) in [5, 5.41) is 10.8. The summed E-state index contributed by atoms with van der Waals surface area (Å²) in [5.41, 5.74) is 0.792. The lowest BCUT2D eigenvalue weighted by atomic mass is 9.54. The predicted molar refractivity (Wildman–Crippen MR) is 88.6 cm³/mol. The first-order valence-corrected chi connectivity index (χ1v) is 9.22. The van der Waals surface area contributed by atoms with Gasteiger partial charge in [0.25, 0.3) is 0 Å². The van der Waals surface area contributed by atoms with Crippen LogP contribution in [0.3, 0.4) is 0 Å². The lowest BCUT2D eigenvalue weighted by molar-refractivity contribution is -0.150. The number of hydrogen-bond acceptors (Lipinski definition) is 6. The molecule has 0 radical (unpaired) electrons. The van der Waals surface area contributed by atoms with Crippen molar-refractivity contribution in [2.24, 2.45) is 16.7 Å². The molecule has 0 aromatic carbocycles. The first-order valence-electron chi connectivity index (χ1n) is 9.22. The van der Waals surface area contributed by atoms with E-state index < -0.39 is 16.9 Å². The minimum atomic E-state index is -0.835. The summed E-state index contributed by atoms with van der Waals surface area (Å²) >= 11 is 0. The molecule has 2 aliphatic carbocycles. The van der Waals surface area contributed by atoms with E-state index in [4.69, 9.17) is 13.9 Å². The van der Waals surface area contributed by atoms with E-state index >= 15 is 0 Å². The fourth-order valence-corrected chi connectivity index (χ4v) is 5.75. The predicted octanol–water partition coefficient (Wildman–Crippen LogP) is 2.68. The van der Waals surface area contributed by atoms with Crippen molar-refractivity contribution in [2.75, 3.05) is 0 Å². The standard InChI is InChI=1S/C20H22O6/c1-10-5-14(21)16-13(6-12-7-19(16,2)17(22)25-12)20(10)8-15(26-18(20)23)11-3-4-24-9-11/h3-4,9-10,12,14-15,21H,5-8H2,1-2H3/t10-,12+,14-,15+,19+,20+/m1/s1. The van der Waals surface area contributed by atoms with Crippen molar-refractivity contribution in [1.82, 2.24) is 0 Å². The van der Waals surface area contributed by atoms with E-state index in [1.165, 1.54) is 0 Å². The minimum Gasteiger partial charge on any atom is -0.472 e. The number of aliphatic hydroxyl groups excluding tert-OH is 1. The van der Waals surface area contributed by atoms with E-state index in [-0.39, 0.29) is 30.1 Å². The number of ether oxygens (including phenoxy) is 2. The maximum Gasteiger partial charge on any atom is 0.317 e. The molecule has 2 saturated heterocycles. The summed E-state index contributed by atoms with van der Waals surface area (Å²) in [6.45, 7) is 3.83. The van der Waals surface area contributed by atoms with Gasteiger partial charge < -0.3 is 19.0 Å². The minimum absolute atomic E-state index is 0.0724. The Morgan fingerprint density at radius 2 is 2.00 bits per heavy atom. The highest BCUT2D eigenvalue weighted by Crippen LogP contribution is 2.63. The quantitative estimate of drug-likeness (QED) is 0.614. The fraction of sp³-hybridized carbons (Fsp3) is 0.600. The number of carbonyl (C=O) groups is 2. The maximum atomic E-state index is 13.2. The summed E-state index contributed by atoms with van der Waals surface area (Å²) < 4.78 is 16.5. The van der Waals surface area contributed by atoms with E-state index in [1.54, 1.807) is 12.5 Å². The van der Waals surface area contributed by atoms with E-state index in [0.717, 1.165) is 11.1 Å². The third-order valence-electron chi connectivity index (χ3n) is 7.04. The van der Waals surface area contributed by atoms with Gasteiger partial charge >= 0.3 is 11.9 Å². The van der Waals surface area contributed by atoms with Crippen LogP contribution >= 0.6 is 0 Å². The molecule has 1 aromatic heterocycles. The van der Waals surface area contributed by atoms with E-state index in [0.29, 0.717) is 31.3 Å². The number of furan rings is 1. The van der Waals surface area contributed by atoms with Gasteiger partial charge in [-0.3, -0.25) is 9.59 Å². The molecular weight excluding hydrogens is 336 g/mol. The molecule has 0 unspecified atom stereocenters. The van der Waals surface area contributed by atoms with Gasteiger partial charge in [0.15, 0.2) is 0 Å². The van der Waals surface area contributed by atoms with Crippen molar-refractivity contribution in [3.63, 3.8) is 0 Å². The number of rotatable bonds is 1. The maximum absolute atomic E-state index is 13.2. The number of esters is 2. The van der Waals surface area contributed by atoms with Gasteiger partial charge in [-0.1, -0.05) is 6.92 Å². The molecule has 2 bridgehead atoms. The number of fused-ring (bicyclic) bond motifs is 4. The van der Waals surface area contributed by atoms with Gasteiger partial charge in [-0.25, -0.2) is 0 Å². The van der Waals surface area contributed by atoms with Crippen LogP contribution in [0, 0.1) is 16.7 Å². The van der Waals surface area contributed by atoms with Gasteiger partial charge in [0, 0.05) is 24.8 Å². The second-order valence-corrected chi connectivity index (χ2v) is 8.44. The largest absolute Gasteiger partial charge is 0.472 e. The van der Waals surface area contributed by atoms with Crippen LogP contribution in [-0.4, -0.2) is 29.3 Å². The van der Waals surface area contributed by atoms with Crippen LogP contribution in [0.25, 0.3) is 0 Å². The Morgan fingerprint density at radius 1 is 1.19 bits per heavy atom. The van der Waals surface area contributed by atoms with Crippen LogP contribution in [0.15, 0.2) is 34.2 Å². The fourth-order valence-electron chi connectivity index (χ4n) is 5.75. The Kier molecular flexibility index (Phi) is 3.10. The van der Waals surface area contributed by atoms with Gasteiger partial charge in [0.05, 0.1) is 29.5 Å². The zero-order valence-corrected chi connectivity index (χ0v) is 14.9. The molecule has 0 amide bonds. The van der Waals surface area contributed by atoms with Crippen molar-refractivity contribution in [2.45, 2.75) is 57.8 Å². The van der Waals surface area contributed by atoms with Gasteiger partial charge in [-0.2, -0.15) is 0 Å². The molecule has 3 heterocycles. The molecule has 26 heavy (non-hydrogen) atoms. The molecule has 1 spiro atoms. The molecule has 1 aromatic rings. The third-order valence-corrected chi connectivity index (χ3v) is 7.04. The van der Waals surface area contributed by atoms with Crippen LogP contribution in [0.1, 0.15) is 51.2 Å². The lowest BCUT2D eigenvalue weighted by Gasteiger charge is -2.47. The Labute approximate surface area is 151 Å². The van der Waals surface area contributed by atoms with Crippen molar-refractivity contribution >= 4 is 11.9 Å². The van der Waals surface area contributed by atoms with E-state index in [9.17, 15) is 14.7 Å². The molecule has 6 nitrogen and oxygen atoms in total. The molecule has 4 aliphatic rings. The van der Waals surface area contributed by atoms with Crippen molar-refractivity contribution < 1.29 is 28.6 Å². The highest BCUT2D eigenvalue weighted by molar-refractivity contribution is 5.88. The highest BCUT2D eigenvalue weighted by atomic mass is 16.6. The smallest absolute Gasteiger partial charge is 0.317 e. The molecular formula is C20H22O6. The zero-order valence-electron chi connectivity index (χ0n) is 14.9. The highest BCUT2D eigenvalue weighted by Gasteiger charge is 2.65. The average molecular weight is 358 g/mol. The number of aliphatic hydroxyl groups is 1. The molecule has 6 heteroatoms. The topological polar surface area (TPSA) is 86.0 Å². The Morgan fingerprint density at radius 3 is 2.73 bits per heavy atom. The summed E-state index contributed by atoms with van der Waals surface area (Å²) in [5.74, 6) is -0.612. The number of carbonyl (C=O) groups excluding carboxylic acids is 2. The molecule has 6 atom stereocenters. The Balaban J connectivity index is 1.67. The monoisotopic (exact) mass is 358 g/mol. The van der Waals surface area contributed by atoms with Crippen LogP contribution in [0.5, 0.6) is 0 Å². The molecule has 1 N–H and O–H groups in total. The summed E-state index contributed by atoms with van der Waals surface area (Å²) in [4.78, 5) is 25.7. The molecule has 2 fully saturated rings. The second kappa shape index (κ2) is 5.00. The Bertz CT molecular complexity index is 823. The van der Waals surface area contributed by atoms with E-state index in [2.05, 4.69) is 0 Å².